The van der Waals surface area contributed by atoms with Crippen LogP contribution in [0.4, 0.5) is 11.5 Å². The van der Waals surface area contributed by atoms with Crippen LogP contribution in [0.5, 0.6) is 0 Å². The Balaban J connectivity index is 1.64. The first-order valence-electron chi connectivity index (χ1n) is 9.44. The molecule has 4 rings (SSSR count). The van der Waals surface area contributed by atoms with Gasteiger partial charge in [-0.05, 0) is 42.2 Å². The van der Waals surface area contributed by atoms with Crippen LogP contribution in [0, 0.1) is 5.92 Å². The van der Waals surface area contributed by atoms with Crippen LogP contribution in [0.25, 0.3) is 0 Å². The van der Waals surface area contributed by atoms with Gasteiger partial charge in [-0.1, -0.05) is 53.7 Å². The molecule has 2 aliphatic rings. The van der Waals surface area contributed by atoms with Crippen molar-refractivity contribution in [2.45, 2.75) is 44.6 Å². The Morgan fingerprint density at radius 1 is 1.26 bits per heavy atom. The van der Waals surface area contributed by atoms with Crippen molar-refractivity contribution < 1.29 is 9.59 Å². The smallest absolute Gasteiger partial charge is 0.248 e. The van der Waals surface area contributed by atoms with Crippen molar-refractivity contribution >= 4 is 39.2 Å². The normalized spacial score (nSPS) is 17.8. The highest BCUT2D eigenvalue weighted by Crippen LogP contribution is 2.37. The summed E-state index contributed by atoms with van der Waals surface area (Å²) in [5.74, 6) is 0.817. The second-order valence-corrected chi connectivity index (χ2v) is 8.24. The summed E-state index contributed by atoms with van der Waals surface area (Å²) in [6.45, 7) is 0. The molecular weight excluding hydrogens is 406 g/mol. The van der Waals surface area contributed by atoms with Crippen LogP contribution in [0.2, 0.25) is 0 Å². The second kappa shape index (κ2) is 7.80. The fourth-order valence-corrected chi connectivity index (χ4v) is 4.52. The van der Waals surface area contributed by atoms with E-state index in [-0.39, 0.29) is 11.8 Å². The molecular formula is C21H22BrN3O2. The third-order valence-electron chi connectivity index (χ3n) is 5.48. The van der Waals surface area contributed by atoms with E-state index in [1.807, 2.05) is 30.3 Å². The van der Waals surface area contributed by atoms with Gasteiger partial charge in [0.2, 0.25) is 11.8 Å². The molecule has 2 heterocycles. The summed E-state index contributed by atoms with van der Waals surface area (Å²) in [7, 11) is 0. The van der Waals surface area contributed by atoms with Gasteiger partial charge in [0.1, 0.15) is 11.9 Å². The minimum Gasteiger partial charge on any atom is -0.309 e. The van der Waals surface area contributed by atoms with Crippen LogP contribution in [0.1, 0.15) is 37.7 Å². The van der Waals surface area contributed by atoms with Crippen molar-refractivity contribution in [2.24, 2.45) is 5.92 Å². The Labute approximate surface area is 167 Å². The van der Waals surface area contributed by atoms with E-state index in [1.165, 1.54) is 12.8 Å². The highest BCUT2D eigenvalue weighted by Gasteiger charge is 2.38. The van der Waals surface area contributed by atoms with E-state index in [2.05, 4.69) is 26.2 Å². The molecule has 2 aromatic rings. The summed E-state index contributed by atoms with van der Waals surface area (Å²) in [4.78, 5) is 31.9. The number of hydrogen-bond acceptors (Lipinski definition) is 3. The average Bonchev–Trinajstić information content (AvgIpc) is 3.27. The summed E-state index contributed by atoms with van der Waals surface area (Å²) in [6.07, 6.45) is 7.35. The minimum atomic E-state index is -0.516. The van der Waals surface area contributed by atoms with Gasteiger partial charge in [0.05, 0.1) is 6.42 Å². The highest BCUT2D eigenvalue weighted by atomic mass is 79.9. The van der Waals surface area contributed by atoms with E-state index in [9.17, 15) is 9.59 Å². The minimum absolute atomic E-state index is 0.0118. The fraction of sp³-hybridized carbons (Fsp3) is 0.381. The van der Waals surface area contributed by atoms with Crippen molar-refractivity contribution in [1.82, 2.24) is 4.98 Å². The van der Waals surface area contributed by atoms with Crippen molar-refractivity contribution in [3.63, 3.8) is 0 Å². The summed E-state index contributed by atoms with van der Waals surface area (Å²) in [5, 5.41) is 2.90. The van der Waals surface area contributed by atoms with Crippen LogP contribution < -0.4 is 10.2 Å². The zero-order chi connectivity index (χ0) is 18.8. The fourth-order valence-electron chi connectivity index (χ4n) is 4.17. The van der Waals surface area contributed by atoms with Crippen LogP contribution in [0.3, 0.4) is 0 Å². The maximum absolute atomic E-state index is 13.2. The Bertz CT molecular complexity index is 850. The van der Waals surface area contributed by atoms with E-state index in [0.717, 1.165) is 28.6 Å². The van der Waals surface area contributed by atoms with E-state index in [1.54, 1.807) is 17.2 Å². The number of rotatable bonds is 5. The van der Waals surface area contributed by atoms with E-state index < -0.39 is 6.04 Å². The third kappa shape index (κ3) is 3.90. The number of nitrogens with one attached hydrogen (secondary N) is 1. The van der Waals surface area contributed by atoms with Crippen molar-refractivity contribution in [2.75, 3.05) is 10.2 Å². The monoisotopic (exact) mass is 427 g/mol. The van der Waals surface area contributed by atoms with Gasteiger partial charge < -0.3 is 5.32 Å². The first-order chi connectivity index (χ1) is 13.1. The largest absolute Gasteiger partial charge is 0.309 e. The average molecular weight is 428 g/mol. The maximum atomic E-state index is 13.2. The lowest BCUT2D eigenvalue weighted by Crippen LogP contribution is -2.47. The predicted molar refractivity (Wildman–Crippen MR) is 109 cm³/mol. The number of benzene rings is 1. The van der Waals surface area contributed by atoms with Crippen LogP contribution in [0.15, 0.2) is 47.1 Å². The molecule has 140 valence electrons. The molecule has 0 spiro atoms. The molecule has 0 radical (unpaired) electrons. The number of nitrogens with zero attached hydrogens (tertiary/aromatic N) is 2. The van der Waals surface area contributed by atoms with Gasteiger partial charge in [-0.15, -0.1) is 0 Å². The lowest BCUT2D eigenvalue weighted by molar-refractivity contribution is -0.123. The Morgan fingerprint density at radius 3 is 2.81 bits per heavy atom. The lowest BCUT2D eigenvalue weighted by atomic mass is 9.96. The predicted octanol–water partition coefficient (Wildman–Crippen LogP) is 4.32. The molecule has 1 unspecified atom stereocenters. The van der Waals surface area contributed by atoms with Gasteiger partial charge in [0, 0.05) is 16.4 Å². The molecule has 1 fully saturated rings. The van der Waals surface area contributed by atoms with Crippen molar-refractivity contribution in [3.05, 3.63) is 52.6 Å². The number of anilines is 2. The number of carbonyl (C=O) groups is 2. The van der Waals surface area contributed by atoms with Gasteiger partial charge in [-0.2, -0.15) is 0 Å². The van der Waals surface area contributed by atoms with Gasteiger partial charge in [-0.3, -0.25) is 14.5 Å². The summed E-state index contributed by atoms with van der Waals surface area (Å²) in [6, 6.07) is 10.7. The van der Waals surface area contributed by atoms with Gasteiger partial charge in [0.15, 0.2) is 0 Å². The Morgan fingerprint density at radius 2 is 2.07 bits per heavy atom. The SMILES string of the molecule is O=C(Nc1ccccn1)C(CC1CCCC1)N1C(=O)Cc2ccc(Br)cc21. The zero-order valence-corrected chi connectivity index (χ0v) is 16.6. The molecule has 6 heteroatoms. The number of pyridine rings is 1. The molecule has 1 saturated carbocycles. The van der Waals surface area contributed by atoms with Crippen LogP contribution >= 0.6 is 15.9 Å². The molecule has 1 aliphatic carbocycles. The van der Waals surface area contributed by atoms with E-state index >= 15 is 0 Å². The molecule has 27 heavy (non-hydrogen) atoms. The molecule has 0 saturated heterocycles. The lowest BCUT2D eigenvalue weighted by Gasteiger charge is -2.29. The van der Waals surface area contributed by atoms with E-state index in [4.69, 9.17) is 0 Å². The number of fused-ring (bicyclic) bond motifs is 1. The number of halogens is 1. The van der Waals surface area contributed by atoms with E-state index in [0.29, 0.717) is 24.6 Å². The van der Waals surface area contributed by atoms with Crippen LogP contribution in [-0.4, -0.2) is 22.8 Å². The molecule has 1 aliphatic heterocycles. The van der Waals surface area contributed by atoms with Crippen LogP contribution in [-0.2, 0) is 16.0 Å². The van der Waals surface area contributed by atoms with Gasteiger partial charge in [-0.25, -0.2) is 4.98 Å². The Hall–Kier alpha value is -2.21. The number of aromatic nitrogens is 1. The van der Waals surface area contributed by atoms with Crippen molar-refractivity contribution in [1.29, 1.82) is 0 Å². The molecule has 1 N–H and O–H groups in total. The maximum Gasteiger partial charge on any atom is 0.248 e. The molecule has 1 atom stereocenters. The summed E-state index contributed by atoms with van der Waals surface area (Å²) in [5.41, 5.74) is 1.82. The highest BCUT2D eigenvalue weighted by molar-refractivity contribution is 9.10. The quantitative estimate of drug-likeness (QED) is 0.772. The van der Waals surface area contributed by atoms with Gasteiger partial charge in [0.25, 0.3) is 0 Å². The topological polar surface area (TPSA) is 62.3 Å². The molecule has 5 nitrogen and oxygen atoms in total. The summed E-state index contributed by atoms with van der Waals surface area (Å²) < 4.78 is 0.908. The Kier molecular flexibility index (Phi) is 5.25. The first kappa shape index (κ1) is 18.2. The van der Waals surface area contributed by atoms with Crippen molar-refractivity contribution in [3.8, 4) is 0 Å². The molecule has 1 aromatic carbocycles. The first-order valence-corrected chi connectivity index (χ1v) is 10.2. The molecule has 2 amide bonds. The second-order valence-electron chi connectivity index (χ2n) is 7.32. The summed E-state index contributed by atoms with van der Waals surface area (Å²) >= 11 is 3.49. The zero-order valence-electron chi connectivity index (χ0n) is 15.0. The molecule has 0 bridgehead atoms. The number of amides is 2. The van der Waals surface area contributed by atoms with Gasteiger partial charge >= 0.3 is 0 Å². The number of hydrogen-bond donors (Lipinski definition) is 1. The number of carbonyl (C=O) groups excluding carboxylic acids is 2. The third-order valence-corrected chi connectivity index (χ3v) is 5.97. The molecule has 1 aromatic heterocycles. The standard InChI is InChI=1S/C21H22BrN3O2/c22-16-9-8-15-12-20(26)25(17(15)13-16)18(11-14-5-1-2-6-14)21(27)24-19-7-3-4-10-23-19/h3-4,7-10,13-14,18H,1-2,5-6,11-12H2,(H,23,24,27).